The number of carbonyl (C=O) groups excluding carboxylic acids is 2. The number of esters is 1. The number of methoxy groups -OCH3 is 1. The normalized spacial score (nSPS) is 12.3. The zero-order valence-corrected chi connectivity index (χ0v) is 11.7. The van der Waals surface area contributed by atoms with Gasteiger partial charge in [-0.2, -0.15) is 13.9 Å². The number of alkyl halides is 2. The number of ether oxygens (including phenoxy) is 1. The van der Waals surface area contributed by atoms with Gasteiger partial charge in [-0.1, -0.05) is 0 Å². The first-order chi connectivity index (χ1) is 9.27. The number of hydrogen-bond donors (Lipinski definition) is 1. The van der Waals surface area contributed by atoms with Crippen LogP contribution in [0.5, 0.6) is 0 Å². The number of hydrogen-bond acceptors (Lipinski definition) is 4. The fourth-order valence-electron chi connectivity index (χ4n) is 1.83. The molecule has 0 bridgehead atoms. The molecule has 0 aliphatic rings. The first-order valence-electron chi connectivity index (χ1n) is 5.97. The van der Waals surface area contributed by atoms with Crippen LogP contribution in [0.4, 0.5) is 8.78 Å². The Morgan fingerprint density at radius 3 is 2.45 bits per heavy atom. The van der Waals surface area contributed by atoms with Gasteiger partial charge in [0.05, 0.1) is 19.2 Å². The Kier molecular flexibility index (Phi) is 5.18. The predicted molar refractivity (Wildman–Crippen MR) is 66.3 cm³/mol. The fraction of sp³-hybridized carbons (Fsp3) is 0.583. The number of halogens is 2. The lowest BCUT2D eigenvalue weighted by molar-refractivity contribution is -0.144. The van der Waals surface area contributed by atoms with Gasteiger partial charge in [0.25, 0.3) is 0 Å². The third kappa shape index (κ3) is 3.52. The van der Waals surface area contributed by atoms with Gasteiger partial charge in [-0.25, -0.2) is 9.48 Å². The molecule has 20 heavy (non-hydrogen) atoms. The lowest BCUT2D eigenvalue weighted by Crippen LogP contribution is -2.40. The van der Waals surface area contributed by atoms with Crippen molar-refractivity contribution in [3.8, 4) is 0 Å². The molecular formula is C12H17F2N3O3. The molecule has 0 aliphatic carbocycles. The van der Waals surface area contributed by atoms with Crippen molar-refractivity contribution >= 4 is 11.9 Å². The number of nitrogens with zero attached hydrogens (tertiary/aromatic N) is 2. The van der Waals surface area contributed by atoms with Crippen LogP contribution in [-0.4, -0.2) is 34.8 Å². The van der Waals surface area contributed by atoms with Gasteiger partial charge in [-0.05, 0) is 20.8 Å². The van der Waals surface area contributed by atoms with Crippen molar-refractivity contribution in [3.63, 3.8) is 0 Å². The van der Waals surface area contributed by atoms with Crippen LogP contribution >= 0.6 is 0 Å². The van der Waals surface area contributed by atoms with E-state index in [2.05, 4.69) is 15.2 Å². The Morgan fingerprint density at radius 1 is 1.40 bits per heavy atom. The van der Waals surface area contributed by atoms with Gasteiger partial charge < -0.3 is 10.1 Å². The van der Waals surface area contributed by atoms with Gasteiger partial charge in [-0.3, -0.25) is 4.79 Å². The van der Waals surface area contributed by atoms with Gasteiger partial charge in [0.2, 0.25) is 5.91 Å². The highest BCUT2D eigenvalue weighted by molar-refractivity contribution is 5.85. The van der Waals surface area contributed by atoms with E-state index in [0.717, 1.165) is 0 Å². The third-order valence-corrected chi connectivity index (χ3v) is 2.93. The molecule has 1 atom stereocenters. The third-order valence-electron chi connectivity index (χ3n) is 2.93. The molecule has 6 nitrogen and oxygen atoms in total. The summed E-state index contributed by atoms with van der Waals surface area (Å²) < 4.78 is 30.4. The van der Waals surface area contributed by atoms with Gasteiger partial charge in [0.1, 0.15) is 6.04 Å². The summed E-state index contributed by atoms with van der Waals surface area (Å²) in [6, 6.07) is -0.793. The molecule has 1 aromatic rings. The van der Waals surface area contributed by atoms with E-state index in [1.54, 1.807) is 6.92 Å². The predicted octanol–water partition coefficient (Wildman–Crippen LogP) is 1.12. The first-order valence-corrected chi connectivity index (χ1v) is 5.97. The zero-order valence-electron chi connectivity index (χ0n) is 11.7. The molecule has 1 amide bonds. The summed E-state index contributed by atoms with van der Waals surface area (Å²) in [6.07, 6.45) is -0.119. The summed E-state index contributed by atoms with van der Waals surface area (Å²) in [7, 11) is 1.21. The molecule has 0 aliphatic heterocycles. The molecule has 0 saturated heterocycles. The van der Waals surface area contributed by atoms with Gasteiger partial charge >= 0.3 is 12.5 Å². The van der Waals surface area contributed by atoms with Crippen molar-refractivity contribution in [2.75, 3.05) is 7.11 Å². The minimum absolute atomic E-state index is 0.119. The molecule has 0 radical (unpaired) electrons. The van der Waals surface area contributed by atoms with Crippen LogP contribution in [0.1, 0.15) is 30.4 Å². The Morgan fingerprint density at radius 2 is 2.00 bits per heavy atom. The van der Waals surface area contributed by atoms with E-state index in [1.165, 1.54) is 21.0 Å². The number of aryl methyl sites for hydroxylation is 1. The van der Waals surface area contributed by atoms with Crippen LogP contribution in [0, 0.1) is 13.8 Å². The fourth-order valence-corrected chi connectivity index (χ4v) is 1.83. The summed E-state index contributed by atoms with van der Waals surface area (Å²) in [5, 5.41) is 6.12. The molecule has 0 saturated carbocycles. The van der Waals surface area contributed by atoms with Crippen molar-refractivity contribution in [2.45, 2.75) is 39.8 Å². The molecule has 0 spiro atoms. The molecule has 1 rings (SSSR count). The highest BCUT2D eigenvalue weighted by Gasteiger charge is 2.21. The van der Waals surface area contributed by atoms with Crippen molar-refractivity contribution in [1.82, 2.24) is 15.1 Å². The van der Waals surface area contributed by atoms with Crippen molar-refractivity contribution in [1.29, 1.82) is 0 Å². The SMILES string of the molecule is COC(=O)[C@H](C)NC(=O)Cc1c(C)nn(C(F)F)c1C. The topological polar surface area (TPSA) is 73.2 Å². The maximum Gasteiger partial charge on any atom is 0.333 e. The molecule has 1 heterocycles. The maximum atomic E-state index is 12.7. The van der Waals surface area contributed by atoms with Gasteiger partial charge in [0, 0.05) is 11.3 Å². The van der Waals surface area contributed by atoms with E-state index in [-0.39, 0.29) is 12.1 Å². The highest BCUT2D eigenvalue weighted by atomic mass is 19.3. The molecule has 0 fully saturated rings. The van der Waals surface area contributed by atoms with E-state index in [0.29, 0.717) is 15.9 Å². The molecular weight excluding hydrogens is 272 g/mol. The average Bonchev–Trinajstić information content (AvgIpc) is 2.65. The van der Waals surface area contributed by atoms with E-state index in [9.17, 15) is 18.4 Å². The van der Waals surface area contributed by atoms with Crippen LogP contribution in [-0.2, 0) is 20.7 Å². The van der Waals surface area contributed by atoms with E-state index in [1.807, 2.05) is 0 Å². The number of nitrogens with one attached hydrogen (secondary N) is 1. The minimum atomic E-state index is -2.75. The Balaban J connectivity index is 2.79. The molecule has 0 unspecified atom stereocenters. The average molecular weight is 289 g/mol. The van der Waals surface area contributed by atoms with Crippen LogP contribution in [0.25, 0.3) is 0 Å². The summed E-state index contributed by atoms with van der Waals surface area (Å²) in [5.41, 5.74) is 1.03. The number of rotatable bonds is 5. The summed E-state index contributed by atoms with van der Waals surface area (Å²) in [4.78, 5) is 23.0. The zero-order chi connectivity index (χ0) is 15.4. The quantitative estimate of drug-likeness (QED) is 0.824. The Bertz CT molecular complexity index is 514. The van der Waals surface area contributed by atoms with Crippen LogP contribution < -0.4 is 5.32 Å². The first kappa shape index (κ1) is 16.1. The molecule has 0 aromatic carbocycles. The van der Waals surface area contributed by atoms with Crippen molar-refractivity contribution < 1.29 is 23.1 Å². The largest absolute Gasteiger partial charge is 0.467 e. The monoisotopic (exact) mass is 289 g/mol. The van der Waals surface area contributed by atoms with Crippen molar-refractivity contribution in [2.24, 2.45) is 0 Å². The molecule has 1 aromatic heterocycles. The van der Waals surface area contributed by atoms with Gasteiger partial charge in [-0.15, -0.1) is 0 Å². The summed E-state index contributed by atoms with van der Waals surface area (Å²) in [6.45, 7) is 1.75. The summed E-state index contributed by atoms with van der Waals surface area (Å²) in [5.74, 6) is -1.03. The lowest BCUT2D eigenvalue weighted by atomic mass is 10.1. The number of carbonyl (C=O) groups is 2. The van der Waals surface area contributed by atoms with Crippen LogP contribution in [0.2, 0.25) is 0 Å². The second-order valence-electron chi connectivity index (χ2n) is 4.36. The molecule has 112 valence electrons. The van der Waals surface area contributed by atoms with Crippen LogP contribution in [0.15, 0.2) is 0 Å². The van der Waals surface area contributed by atoms with Crippen molar-refractivity contribution in [3.05, 3.63) is 17.0 Å². The maximum absolute atomic E-state index is 12.7. The molecule has 8 heteroatoms. The molecule has 1 N–H and O–H groups in total. The summed E-state index contributed by atoms with van der Waals surface area (Å²) >= 11 is 0. The van der Waals surface area contributed by atoms with E-state index in [4.69, 9.17) is 0 Å². The highest BCUT2D eigenvalue weighted by Crippen LogP contribution is 2.19. The Labute approximate surface area is 115 Å². The smallest absolute Gasteiger partial charge is 0.333 e. The standard InChI is InChI=1S/C12H17F2N3O3/c1-6-9(8(3)17(16-6)12(13)14)5-10(18)15-7(2)11(19)20-4/h7,12H,5H2,1-4H3,(H,15,18)/t7-/m0/s1. The number of amides is 1. The van der Waals surface area contributed by atoms with E-state index >= 15 is 0 Å². The lowest BCUT2D eigenvalue weighted by Gasteiger charge is -2.11. The van der Waals surface area contributed by atoms with Gasteiger partial charge in [0.15, 0.2) is 0 Å². The number of aromatic nitrogens is 2. The Hall–Kier alpha value is -1.99. The second-order valence-corrected chi connectivity index (χ2v) is 4.36. The van der Waals surface area contributed by atoms with Crippen LogP contribution in [0.3, 0.4) is 0 Å². The minimum Gasteiger partial charge on any atom is -0.467 e. The second kappa shape index (κ2) is 6.44. The van der Waals surface area contributed by atoms with E-state index < -0.39 is 24.5 Å².